The van der Waals surface area contributed by atoms with E-state index in [1.165, 1.54) is 6.21 Å². The molecule has 0 unspecified atom stereocenters. The first kappa shape index (κ1) is 10.7. The Kier molecular flexibility index (Phi) is 3.23. The quantitative estimate of drug-likeness (QED) is 0.721. The summed E-state index contributed by atoms with van der Waals surface area (Å²) in [6.45, 7) is 0.0110. The second kappa shape index (κ2) is 4.23. The molecule has 0 spiro atoms. The topological polar surface area (TPSA) is 61.3 Å². The lowest BCUT2D eigenvalue weighted by atomic mass is 10.5. The zero-order valence-electron chi connectivity index (χ0n) is 7.04. The van der Waals surface area contributed by atoms with Gasteiger partial charge in [-0.25, -0.2) is 4.98 Å². The number of rotatable bonds is 3. The van der Waals surface area contributed by atoms with E-state index in [1.807, 2.05) is 4.98 Å². The summed E-state index contributed by atoms with van der Waals surface area (Å²) in [5.41, 5.74) is 0.158. The third kappa shape index (κ3) is 2.84. The highest BCUT2D eigenvalue weighted by Crippen LogP contribution is 2.25. The van der Waals surface area contributed by atoms with Gasteiger partial charge in [0.1, 0.15) is 0 Å². The van der Waals surface area contributed by atoms with Crippen molar-refractivity contribution in [2.75, 3.05) is 13.2 Å². The van der Waals surface area contributed by atoms with Crippen LogP contribution in [0.4, 0.5) is 13.2 Å². The zero-order chi connectivity index (χ0) is 10.6. The van der Waals surface area contributed by atoms with Crippen molar-refractivity contribution in [2.24, 2.45) is 4.99 Å². The lowest BCUT2D eigenvalue weighted by Crippen LogP contribution is -2.07. The molecular weight excluding hydrogens is 199 g/mol. The summed E-state index contributed by atoms with van der Waals surface area (Å²) in [6, 6.07) is 0. The second-order valence-corrected chi connectivity index (χ2v) is 2.44. The van der Waals surface area contributed by atoms with Gasteiger partial charge >= 0.3 is 6.18 Å². The Balaban J connectivity index is 2.69. The number of aromatic nitrogens is 2. The predicted molar refractivity (Wildman–Crippen MR) is 43.1 cm³/mol. The average molecular weight is 207 g/mol. The van der Waals surface area contributed by atoms with Crippen molar-refractivity contribution in [3.8, 4) is 0 Å². The Labute approximate surface area is 77.5 Å². The van der Waals surface area contributed by atoms with Crippen LogP contribution >= 0.6 is 0 Å². The van der Waals surface area contributed by atoms with Gasteiger partial charge in [0.2, 0.25) is 5.82 Å². The Bertz CT molecular complexity index is 318. The van der Waals surface area contributed by atoms with E-state index in [0.29, 0.717) is 0 Å². The molecule has 0 bridgehead atoms. The third-order valence-electron chi connectivity index (χ3n) is 1.32. The highest BCUT2D eigenvalue weighted by atomic mass is 19.4. The number of H-pyrrole nitrogens is 1. The van der Waals surface area contributed by atoms with Crippen LogP contribution in [0.2, 0.25) is 0 Å². The minimum atomic E-state index is -4.47. The van der Waals surface area contributed by atoms with Crippen LogP contribution in [-0.2, 0) is 6.18 Å². The van der Waals surface area contributed by atoms with Gasteiger partial charge in [0.25, 0.3) is 0 Å². The largest absolute Gasteiger partial charge is 0.449 e. The molecule has 0 aliphatic carbocycles. The Hall–Kier alpha value is -1.37. The van der Waals surface area contributed by atoms with Crippen molar-refractivity contribution in [2.45, 2.75) is 6.18 Å². The lowest BCUT2D eigenvalue weighted by Gasteiger charge is -1.99. The van der Waals surface area contributed by atoms with Gasteiger partial charge in [0.05, 0.1) is 25.0 Å². The van der Waals surface area contributed by atoms with E-state index in [0.717, 1.165) is 6.20 Å². The predicted octanol–water partition coefficient (Wildman–Crippen LogP) is 0.840. The number of nitrogens with one attached hydrogen (secondary N) is 1. The highest BCUT2D eigenvalue weighted by Gasteiger charge is 2.34. The van der Waals surface area contributed by atoms with Crippen molar-refractivity contribution < 1.29 is 18.3 Å². The van der Waals surface area contributed by atoms with Crippen LogP contribution in [-0.4, -0.2) is 34.4 Å². The van der Waals surface area contributed by atoms with E-state index in [4.69, 9.17) is 5.11 Å². The molecule has 0 fully saturated rings. The fourth-order valence-corrected chi connectivity index (χ4v) is 0.766. The number of nitrogens with zero attached hydrogens (tertiary/aromatic N) is 2. The maximum Gasteiger partial charge on any atom is 0.449 e. The van der Waals surface area contributed by atoms with E-state index in [1.54, 1.807) is 0 Å². The van der Waals surface area contributed by atoms with Crippen LogP contribution in [0.25, 0.3) is 0 Å². The SMILES string of the molecule is OCCN=Cc1cnc(C(F)(F)F)[nH]1. The van der Waals surface area contributed by atoms with Gasteiger partial charge in [-0.2, -0.15) is 13.2 Å². The van der Waals surface area contributed by atoms with Gasteiger partial charge < -0.3 is 10.1 Å². The van der Waals surface area contributed by atoms with Crippen LogP contribution in [0.5, 0.6) is 0 Å². The number of imidazole rings is 1. The third-order valence-corrected chi connectivity index (χ3v) is 1.32. The molecule has 1 aromatic heterocycles. The molecule has 78 valence electrons. The first-order valence-electron chi connectivity index (χ1n) is 3.77. The summed E-state index contributed by atoms with van der Waals surface area (Å²) in [7, 11) is 0. The molecule has 14 heavy (non-hydrogen) atoms. The molecule has 0 saturated heterocycles. The van der Waals surface area contributed by atoms with E-state index in [-0.39, 0.29) is 18.8 Å². The number of hydrogen-bond acceptors (Lipinski definition) is 3. The molecular formula is C7H8F3N3O. The van der Waals surface area contributed by atoms with Crippen LogP contribution in [0.15, 0.2) is 11.2 Å². The molecule has 0 radical (unpaired) electrons. The van der Waals surface area contributed by atoms with Crippen LogP contribution in [0, 0.1) is 0 Å². The first-order valence-corrected chi connectivity index (χ1v) is 3.77. The maximum atomic E-state index is 12.0. The molecule has 2 N–H and O–H groups in total. The molecule has 1 heterocycles. The van der Waals surface area contributed by atoms with Gasteiger partial charge in [-0.3, -0.25) is 4.99 Å². The number of aliphatic hydroxyl groups is 1. The number of aliphatic hydroxyl groups excluding tert-OH is 1. The molecule has 0 amide bonds. The number of halogens is 3. The highest BCUT2D eigenvalue weighted by molar-refractivity contribution is 5.76. The average Bonchev–Trinajstić information content (AvgIpc) is 2.52. The molecule has 0 aliphatic heterocycles. The molecule has 0 saturated carbocycles. The molecule has 7 heteroatoms. The Morgan fingerprint density at radius 3 is 2.79 bits per heavy atom. The lowest BCUT2D eigenvalue weighted by molar-refractivity contribution is -0.144. The number of aliphatic imine (C=N–C) groups is 1. The summed E-state index contributed by atoms with van der Waals surface area (Å²) < 4.78 is 36.0. The molecule has 0 aliphatic rings. The van der Waals surface area contributed by atoms with Gasteiger partial charge in [-0.15, -0.1) is 0 Å². The van der Waals surface area contributed by atoms with Crippen LogP contribution in [0.1, 0.15) is 11.5 Å². The first-order chi connectivity index (χ1) is 6.54. The molecule has 1 rings (SSSR count). The van der Waals surface area contributed by atoms with Crippen molar-refractivity contribution >= 4 is 6.21 Å². The van der Waals surface area contributed by atoms with Crippen LogP contribution < -0.4 is 0 Å². The number of alkyl halides is 3. The molecule has 4 nitrogen and oxygen atoms in total. The van der Waals surface area contributed by atoms with Crippen LogP contribution in [0.3, 0.4) is 0 Å². The Morgan fingerprint density at radius 1 is 1.57 bits per heavy atom. The summed E-state index contributed by atoms with van der Waals surface area (Å²) in [5, 5.41) is 8.36. The van der Waals surface area contributed by atoms with Gasteiger partial charge in [-0.05, 0) is 0 Å². The van der Waals surface area contributed by atoms with E-state index >= 15 is 0 Å². The van der Waals surface area contributed by atoms with Gasteiger partial charge in [-0.1, -0.05) is 0 Å². The summed E-state index contributed by atoms with van der Waals surface area (Å²) in [4.78, 5) is 8.82. The van der Waals surface area contributed by atoms with Crippen molar-refractivity contribution in [3.63, 3.8) is 0 Å². The van der Waals surface area contributed by atoms with Gasteiger partial charge in [0, 0.05) is 6.21 Å². The van der Waals surface area contributed by atoms with Crippen molar-refractivity contribution in [1.29, 1.82) is 0 Å². The molecule has 1 aromatic rings. The van der Waals surface area contributed by atoms with Crippen molar-refractivity contribution in [1.82, 2.24) is 9.97 Å². The number of aromatic amines is 1. The van der Waals surface area contributed by atoms with E-state index in [9.17, 15) is 13.2 Å². The molecule has 0 aromatic carbocycles. The summed E-state index contributed by atoms with van der Waals surface area (Å²) >= 11 is 0. The van der Waals surface area contributed by atoms with E-state index < -0.39 is 12.0 Å². The minimum Gasteiger partial charge on any atom is -0.394 e. The zero-order valence-corrected chi connectivity index (χ0v) is 7.04. The van der Waals surface area contributed by atoms with E-state index in [2.05, 4.69) is 9.98 Å². The minimum absolute atomic E-state index is 0.142. The smallest absolute Gasteiger partial charge is 0.394 e. The fraction of sp³-hybridized carbons (Fsp3) is 0.429. The van der Waals surface area contributed by atoms with Crippen molar-refractivity contribution in [3.05, 3.63) is 17.7 Å². The normalized spacial score (nSPS) is 12.6. The second-order valence-electron chi connectivity index (χ2n) is 2.44. The van der Waals surface area contributed by atoms with Gasteiger partial charge in [0.15, 0.2) is 0 Å². The standard InChI is InChI=1S/C7H8F3N3O/c8-7(9,10)6-12-4-5(13-6)3-11-1-2-14/h3-4,14H,1-2H2,(H,12,13). The fourth-order valence-electron chi connectivity index (χ4n) is 0.766. The Morgan fingerprint density at radius 2 is 2.29 bits per heavy atom. The molecule has 0 atom stereocenters. The summed E-state index contributed by atoms with van der Waals surface area (Å²) in [6.07, 6.45) is -2.24. The monoisotopic (exact) mass is 207 g/mol. The summed E-state index contributed by atoms with van der Waals surface area (Å²) in [5.74, 6) is -1.05. The number of hydrogen-bond donors (Lipinski definition) is 2. The maximum absolute atomic E-state index is 12.0.